The number of amides is 2. The van der Waals surface area contributed by atoms with Gasteiger partial charge < -0.3 is 4.74 Å². The van der Waals surface area contributed by atoms with E-state index >= 15 is 0 Å². The van der Waals surface area contributed by atoms with Crippen molar-refractivity contribution in [2.75, 3.05) is 6.61 Å². The van der Waals surface area contributed by atoms with Gasteiger partial charge in [0.1, 0.15) is 10.6 Å². The highest BCUT2D eigenvalue weighted by Gasteiger charge is 2.23. The molecule has 1 aromatic heterocycles. The van der Waals surface area contributed by atoms with Crippen molar-refractivity contribution in [3.05, 3.63) is 63.5 Å². The molecule has 0 unspecified atom stereocenters. The second kappa shape index (κ2) is 9.12. The maximum Gasteiger partial charge on any atom is 0.281 e. The van der Waals surface area contributed by atoms with Crippen molar-refractivity contribution in [2.45, 2.75) is 52.4 Å². The first kappa shape index (κ1) is 24.1. The third-order valence-corrected chi connectivity index (χ3v) is 6.74. The molecule has 0 bridgehead atoms. The normalized spacial score (nSPS) is 12.0. The highest BCUT2D eigenvalue weighted by molar-refractivity contribution is 7.21. The largest absolute Gasteiger partial charge is 0.483 e. The van der Waals surface area contributed by atoms with Crippen LogP contribution < -0.4 is 15.6 Å². The van der Waals surface area contributed by atoms with Crippen molar-refractivity contribution >= 4 is 44.8 Å². The molecule has 7 heteroatoms. The van der Waals surface area contributed by atoms with E-state index in [0.717, 1.165) is 15.6 Å². The molecular weight excluding hydrogens is 444 g/mol. The highest BCUT2D eigenvalue weighted by Crippen LogP contribution is 2.36. The van der Waals surface area contributed by atoms with Crippen molar-refractivity contribution in [1.29, 1.82) is 0 Å². The van der Waals surface area contributed by atoms with Crippen LogP contribution in [-0.4, -0.2) is 18.4 Å². The molecule has 2 aromatic carbocycles. The number of hydrogen-bond acceptors (Lipinski definition) is 4. The Labute approximate surface area is 198 Å². The molecule has 0 saturated carbocycles. The van der Waals surface area contributed by atoms with Gasteiger partial charge in [0.05, 0.1) is 5.02 Å². The monoisotopic (exact) mass is 472 g/mol. The fourth-order valence-corrected chi connectivity index (χ4v) is 4.64. The molecule has 0 aliphatic rings. The lowest BCUT2D eigenvalue weighted by Crippen LogP contribution is -2.43. The molecule has 0 atom stereocenters. The zero-order valence-corrected chi connectivity index (χ0v) is 20.8. The Hall–Kier alpha value is -2.57. The molecule has 5 nitrogen and oxygen atoms in total. The Morgan fingerprint density at radius 2 is 1.66 bits per heavy atom. The summed E-state index contributed by atoms with van der Waals surface area (Å²) in [6.07, 6.45) is 0. The number of hydrogen-bond donors (Lipinski definition) is 2. The lowest BCUT2D eigenvalue weighted by Gasteiger charge is -2.27. The summed E-state index contributed by atoms with van der Waals surface area (Å²) in [5.74, 6) is -0.274. The number of carbonyl (C=O) groups is 2. The van der Waals surface area contributed by atoms with Gasteiger partial charge in [-0.3, -0.25) is 20.4 Å². The SMILES string of the molecule is CC(C)(C)c1ccc(OCC(=O)NNC(=O)c2sc3ccccc3c2Cl)c(C(C)(C)C)c1. The molecule has 2 N–H and O–H groups in total. The van der Waals surface area contributed by atoms with Crippen LogP contribution in [0.4, 0.5) is 0 Å². The molecule has 0 radical (unpaired) electrons. The minimum absolute atomic E-state index is 0.00799. The van der Waals surface area contributed by atoms with Crippen LogP contribution in [-0.2, 0) is 15.6 Å². The zero-order chi connectivity index (χ0) is 23.7. The molecule has 3 aromatic rings. The third-order valence-electron chi connectivity index (χ3n) is 5.07. The van der Waals surface area contributed by atoms with Crippen molar-refractivity contribution in [1.82, 2.24) is 10.9 Å². The van der Waals surface area contributed by atoms with Crippen LogP contribution in [0, 0.1) is 0 Å². The summed E-state index contributed by atoms with van der Waals surface area (Å²) in [6.45, 7) is 12.6. The van der Waals surface area contributed by atoms with E-state index in [1.54, 1.807) is 0 Å². The van der Waals surface area contributed by atoms with E-state index < -0.39 is 11.8 Å². The second-order valence-electron chi connectivity index (χ2n) is 9.74. The predicted molar refractivity (Wildman–Crippen MR) is 132 cm³/mol. The Balaban J connectivity index is 1.64. The van der Waals surface area contributed by atoms with Gasteiger partial charge in [-0.25, -0.2) is 0 Å². The van der Waals surface area contributed by atoms with Crippen LogP contribution in [0.25, 0.3) is 10.1 Å². The van der Waals surface area contributed by atoms with Crippen LogP contribution >= 0.6 is 22.9 Å². The van der Waals surface area contributed by atoms with Gasteiger partial charge in [0.15, 0.2) is 6.61 Å². The van der Waals surface area contributed by atoms with Crippen molar-refractivity contribution in [3.63, 3.8) is 0 Å². The van der Waals surface area contributed by atoms with Crippen molar-refractivity contribution in [2.24, 2.45) is 0 Å². The lowest BCUT2D eigenvalue weighted by molar-refractivity contribution is -0.123. The molecule has 1 heterocycles. The summed E-state index contributed by atoms with van der Waals surface area (Å²) >= 11 is 7.60. The first-order chi connectivity index (χ1) is 14.9. The van der Waals surface area contributed by atoms with Crippen molar-refractivity contribution in [3.8, 4) is 5.75 Å². The van der Waals surface area contributed by atoms with E-state index in [-0.39, 0.29) is 17.4 Å². The zero-order valence-electron chi connectivity index (χ0n) is 19.3. The minimum atomic E-state index is -0.463. The summed E-state index contributed by atoms with van der Waals surface area (Å²) in [5, 5.41) is 1.19. The highest BCUT2D eigenvalue weighted by atomic mass is 35.5. The number of hydrazine groups is 1. The maximum atomic E-state index is 12.5. The van der Waals surface area contributed by atoms with Gasteiger partial charge in [-0.1, -0.05) is 83.5 Å². The van der Waals surface area contributed by atoms with E-state index in [2.05, 4.69) is 58.5 Å². The molecule has 0 fully saturated rings. The number of halogens is 1. The number of nitrogens with one attached hydrogen (secondary N) is 2. The topological polar surface area (TPSA) is 67.4 Å². The van der Waals surface area contributed by atoms with Crippen LogP contribution in [0.15, 0.2) is 42.5 Å². The molecule has 0 aliphatic carbocycles. The molecular formula is C25H29ClN2O3S. The Kier molecular flexibility index (Phi) is 6.86. The quantitative estimate of drug-likeness (QED) is 0.458. The summed E-state index contributed by atoms with van der Waals surface area (Å²) in [6, 6.07) is 13.6. The minimum Gasteiger partial charge on any atom is -0.483 e. The second-order valence-corrected chi connectivity index (χ2v) is 11.2. The average molecular weight is 473 g/mol. The van der Waals surface area contributed by atoms with Gasteiger partial charge in [0.2, 0.25) is 0 Å². The molecule has 170 valence electrons. The number of carbonyl (C=O) groups excluding carboxylic acids is 2. The van der Waals surface area contributed by atoms with Gasteiger partial charge in [-0.05, 0) is 34.1 Å². The molecule has 0 aliphatic heterocycles. The van der Waals surface area contributed by atoms with Crippen LogP contribution in [0.3, 0.4) is 0 Å². The molecule has 0 saturated heterocycles. The molecule has 32 heavy (non-hydrogen) atoms. The fourth-order valence-electron chi connectivity index (χ4n) is 3.23. The van der Waals surface area contributed by atoms with Gasteiger partial charge in [-0.2, -0.15) is 0 Å². The Morgan fingerprint density at radius 3 is 2.28 bits per heavy atom. The van der Waals surface area contributed by atoms with Crippen LogP contribution in [0.2, 0.25) is 5.02 Å². The number of ether oxygens (including phenoxy) is 1. The van der Waals surface area contributed by atoms with E-state index in [1.807, 2.05) is 36.4 Å². The van der Waals surface area contributed by atoms with Gasteiger partial charge in [0, 0.05) is 10.1 Å². The Morgan fingerprint density at radius 1 is 0.969 bits per heavy atom. The van der Waals surface area contributed by atoms with Gasteiger partial charge in [0.25, 0.3) is 11.8 Å². The lowest BCUT2D eigenvalue weighted by atomic mass is 9.80. The maximum absolute atomic E-state index is 12.5. The summed E-state index contributed by atoms with van der Waals surface area (Å²) in [5.41, 5.74) is 6.90. The number of thiophene rings is 1. The third kappa shape index (κ3) is 5.43. The summed E-state index contributed by atoms with van der Waals surface area (Å²) < 4.78 is 6.72. The summed E-state index contributed by atoms with van der Waals surface area (Å²) in [4.78, 5) is 25.2. The molecule has 0 spiro atoms. The molecule has 2 amide bonds. The smallest absolute Gasteiger partial charge is 0.281 e. The van der Waals surface area contributed by atoms with Crippen LogP contribution in [0.5, 0.6) is 5.75 Å². The summed E-state index contributed by atoms with van der Waals surface area (Å²) in [7, 11) is 0. The van der Waals surface area contributed by atoms with Gasteiger partial charge >= 0.3 is 0 Å². The first-order valence-electron chi connectivity index (χ1n) is 10.4. The molecule has 3 rings (SSSR count). The average Bonchev–Trinajstić information content (AvgIpc) is 3.06. The standard InChI is InChI=1S/C25H29ClN2O3S/c1-24(2,3)15-11-12-18(17(13-15)25(4,5)6)31-14-20(29)27-28-23(30)22-21(26)16-9-7-8-10-19(16)32-22/h7-13H,14H2,1-6H3,(H,27,29)(H,28,30). The number of rotatable bonds is 4. The van der Waals surface area contributed by atoms with E-state index in [1.165, 1.54) is 16.9 Å². The van der Waals surface area contributed by atoms with E-state index in [4.69, 9.17) is 16.3 Å². The fraction of sp³-hybridized carbons (Fsp3) is 0.360. The Bertz CT molecular complexity index is 1160. The predicted octanol–water partition coefficient (Wildman–Crippen LogP) is 5.99. The van der Waals surface area contributed by atoms with E-state index in [9.17, 15) is 9.59 Å². The first-order valence-corrected chi connectivity index (χ1v) is 11.6. The number of benzene rings is 2. The number of fused-ring (bicyclic) bond motifs is 1. The van der Waals surface area contributed by atoms with Crippen LogP contribution in [0.1, 0.15) is 62.3 Å². The van der Waals surface area contributed by atoms with Gasteiger partial charge in [-0.15, -0.1) is 11.3 Å². The van der Waals surface area contributed by atoms with E-state index in [0.29, 0.717) is 15.6 Å². The van der Waals surface area contributed by atoms with Crippen molar-refractivity contribution < 1.29 is 14.3 Å².